The molecule has 21 heavy (non-hydrogen) atoms. The molecule has 108 valence electrons. The SMILES string of the molecule is NC(=S)c1c(Br)cccc1Nc1ccc2c(c1)OCCO2. The Labute approximate surface area is 136 Å². The highest BCUT2D eigenvalue weighted by Gasteiger charge is 2.13. The molecule has 0 aliphatic carbocycles. The van der Waals surface area contributed by atoms with Crippen LogP contribution in [0.25, 0.3) is 0 Å². The van der Waals surface area contributed by atoms with Gasteiger partial charge in [-0.3, -0.25) is 0 Å². The molecule has 0 bridgehead atoms. The van der Waals surface area contributed by atoms with Crippen molar-refractivity contribution < 1.29 is 9.47 Å². The van der Waals surface area contributed by atoms with Crippen molar-refractivity contribution in [3.63, 3.8) is 0 Å². The standard InChI is InChI=1S/C15H13BrN2O2S/c16-10-2-1-3-11(14(10)15(17)21)18-9-4-5-12-13(8-9)20-7-6-19-12/h1-5,8,18H,6-7H2,(H2,17,21). The number of fused-ring (bicyclic) bond motifs is 1. The summed E-state index contributed by atoms with van der Waals surface area (Å²) < 4.78 is 11.9. The third-order valence-corrected chi connectivity index (χ3v) is 3.95. The lowest BCUT2D eigenvalue weighted by molar-refractivity contribution is 0.171. The van der Waals surface area contributed by atoms with Crippen LogP contribution in [0.1, 0.15) is 5.56 Å². The monoisotopic (exact) mass is 364 g/mol. The number of thiocarbonyl (C=S) groups is 1. The first-order valence-electron chi connectivity index (χ1n) is 6.40. The minimum Gasteiger partial charge on any atom is -0.486 e. The van der Waals surface area contributed by atoms with Crippen LogP contribution in [-0.4, -0.2) is 18.2 Å². The van der Waals surface area contributed by atoms with Gasteiger partial charge < -0.3 is 20.5 Å². The molecule has 3 N–H and O–H groups in total. The number of ether oxygens (including phenoxy) is 2. The van der Waals surface area contributed by atoms with Crippen molar-refractivity contribution in [1.82, 2.24) is 0 Å². The van der Waals surface area contributed by atoms with Crippen molar-refractivity contribution in [2.24, 2.45) is 5.73 Å². The summed E-state index contributed by atoms with van der Waals surface area (Å²) in [6.07, 6.45) is 0. The van der Waals surface area contributed by atoms with E-state index in [9.17, 15) is 0 Å². The molecule has 6 heteroatoms. The third kappa shape index (κ3) is 2.96. The van der Waals surface area contributed by atoms with Gasteiger partial charge in [0, 0.05) is 27.5 Å². The Morgan fingerprint density at radius 2 is 1.90 bits per heavy atom. The molecule has 1 aliphatic heterocycles. The zero-order valence-electron chi connectivity index (χ0n) is 11.1. The average Bonchev–Trinajstić information content (AvgIpc) is 2.47. The number of nitrogens with two attached hydrogens (primary N) is 1. The Kier molecular flexibility index (Phi) is 3.98. The molecular formula is C15H13BrN2O2S. The normalized spacial score (nSPS) is 12.8. The summed E-state index contributed by atoms with van der Waals surface area (Å²) in [5, 5.41) is 3.31. The highest BCUT2D eigenvalue weighted by Crippen LogP contribution is 2.34. The van der Waals surface area contributed by atoms with Gasteiger partial charge in [-0.25, -0.2) is 0 Å². The molecule has 2 aromatic rings. The van der Waals surface area contributed by atoms with E-state index in [1.165, 1.54) is 0 Å². The summed E-state index contributed by atoms with van der Waals surface area (Å²) in [7, 11) is 0. The fourth-order valence-electron chi connectivity index (χ4n) is 2.16. The maximum atomic E-state index is 5.80. The zero-order valence-corrected chi connectivity index (χ0v) is 13.5. The first kappa shape index (κ1) is 14.2. The van der Waals surface area contributed by atoms with Gasteiger partial charge >= 0.3 is 0 Å². The van der Waals surface area contributed by atoms with E-state index in [2.05, 4.69) is 21.2 Å². The van der Waals surface area contributed by atoms with Crippen LogP contribution in [-0.2, 0) is 0 Å². The van der Waals surface area contributed by atoms with Gasteiger partial charge in [-0.05, 0) is 40.2 Å². The van der Waals surface area contributed by atoms with Crippen molar-refractivity contribution in [3.8, 4) is 11.5 Å². The first-order chi connectivity index (χ1) is 10.1. The highest BCUT2D eigenvalue weighted by molar-refractivity contribution is 9.10. The Bertz CT molecular complexity index is 706. The summed E-state index contributed by atoms with van der Waals surface area (Å²) in [5.41, 5.74) is 8.30. The Balaban J connectivity index is 1.94. The van der Waals surface area contributed by atoms with Gasteiger partial charge in [0.15, 0.2) is 11.5 Å². The molecule has 0 amide bonds. The van der Waals surface area contributed by atoms with Gasteiger partial charge in [0.1, 0.15) is 18.2 Å². The Morgan fingerprint density at radius 3 is 2.67 bits per heavy atom. The molecule has 4 nitrogen and oxygen atoms in total. The molecule has 1 aliphatic rings. The lowest BCUT2D eigenvalue weighted by Gasteiger charge is -2.19. The summed E-state index contributed by atoms with van der Waals surface area (Å²) >= 11 is 8.58. The van der Waals surface area contributed by atoms with Crippen LogP contribution in [0.4, 0.5) is 11.4 Å². The molecule has 0 unspecified atom stereocenters. The fraction of sp³-hybridized carbons (Fsp3) is 0.133. The zero-order chi connectivity index (χ0) is 14.8. The van der Waals surface area contributed by atoms with E-state index in [-0.39, 0.29) is 0 Å². The Hall–Kier alpha value is -1.79. The molecule has 0 saturated heterocycles. The quantitative estimate of drug-likeness (QED) is 0.814. The lowest BCUT2D eigenvalue weighted by Crippen LogP contribution is -2.15. The number of rotatable bonds is 3. The summed E-state index contributed by atoms with van der Waals surface area (Å²) in [4.78, 5) is 0.336. The lowest BCUT2D eigenvalue weighted by atomic mass is 10.1. The number of hydrogen-bond acceptors (Lipinski definition) is 4. The van der Waals surface area contributed by atoms with E-state index in [1.54, 1.807) is 0 Å². The van der Waals surface area contributed by atoms with Crippen LogP contribution < -0.4 is 20.5 Å². The van der Waals surface area contributed by atoms with E-state index >= 15 is 0 Å². The van der Waals surface area contributed by atoms with Gasteiger partial charge in [0.2, 0.25) is 0 Å². The largest absolute Gasteiger partial charge is 0.486 e. The van der Waals surface area contributed by atoms with Crippen molar-refractivity contribution in [1.29, 1.82) is 0 Å². The molecule has 0 aromatic heterocycles. The number of nitrogens with one attached hydrogen (secondary N) is 1. The predicted molar refractivity (Wildman–Crippen MR) is 90.7 cm³/mol. The number of anilines is 2. The van der Waals surface area contributed by atoms with Crippen LogP contribution in [0.15, 0.2) is 40.9 Å². The summed E-state index contributed by atoms with van der Waals surface area (Å²) in [6.45, 7) is 1.14. The maximum Gasteiger partial charge on any atom is 0.163 e. The maximum absolute atomic E-state index is 5.80. The number of hydrogen-bond donors (Lipinski definition) is 2. The smallest absolute Gasteiger partial charge is 0.163 e. The van der Waals surface area contributed by atoms with Gasteiger partial charge in [0.25, 0.3) is 0 Å². The van der Waals surface area contributed by atoms with Crippen LogP contribution in [0.2, 0.25) is 0 Å². The fourth-order valence-corrected chi connectivity index (χ4v) is 3.09. The minimum absolute atomic E-state index is 0.336. The highest BCUT2D eigenvalue weighted by atomic mass is 79.9. The molecule has 0 saturated carbocycles. The first-order valence-corrected chi connectivity index (χ1v) is 7.60. The molecule has 0 fully saturated rings. The molecule has 3 rings (SSSR count). The van der Waals surface area contributed by atoms with Gasteiger partial charge in [-0.1, -0.05) is 18.3 Å². The number of halogens is 1. The molecule has 0 atom stereocenters. The molecule has 0 spiro atoms. The molecule has 0 radical (unpaired) electrons. The summed E-state index contributed by atoms with van der Waals surface area (Å²) in [6, 6.07) is 11.5. The van der Waals surface area contributed by atoms with E-state index in [0.717, 1.165) is 32.9 Å². The second-order valence-electron chi connectivity index (χ2n) is 4.51. The van der Waals surface area contributed by atoms with Gasteiger partial charge in [0.05, 0.1) is 0 Å². The van der Waals surface area contributed by atoms with Crippen LogP contribution in [0.5, 0.6) is 11.5 Å². The van der Waals surface area contributed by atoms with Gasteiger partial charge in [-0.2, -0.15) is 0 Å². The van der Waals surface area contributed by atoms with E-state index in [1.807, 2.05) is 36.4 Å². The van der Waals surface area contributed by atoms with E-state index < -0.39 is 0 Å². The topological polar surface area (TPSA) is 56.5 Å². The summed E-state index contributed by atoms with van der Waals surface area (Å²) in [5.74, 6) is 1.49. The van der Waals surface area contributed by atoms with Crippen molar-refractivity contribution >= 4 is 44.5 Å². The van der Waals surface area contributed by atoms with Gasteiger partial charge in [-0.15, -0.1) is 0 Å². The van der Waals surface area contributed by atoms with E-state index in [0.29, 0.717) is 18.2 Å². The van der Waals surface area contributed by atoms with Crippen LogP contribution in [0, 0.1) is 0 Å². The predicted octanol–water partition coefficient (Wildman–Crippen LogP) is 3.60. The molecule has 1 heterocycles. The molecule has 2 aromatic carbocycles. The van der Waals surface area contributed by atoms with E-state index in [4.69, 9.17) is 27.4 Å². The van der Waals surface area contributed by atoms with Crippen molar-refractivity contribution in [2.75, 3.05) is 18.5 Å². The minimum atomic E-state index is 0.336. The molecular weight excluding hydrogens is 352 g/mol. The van der Waals surface area contributed by atoms with Crippen molar-refractivity contribution in [3.05, 3.63) is 46.4 Å². The number of benzene rings is 2. The average molecular weight is 365 g/mol. The Morgan fingerprint density at radius 1 is 1.14 bits per heavy atom. The van der Waals surface area contributed by atoms with Crippen LogP contribution >= 0.6 is 28.1 Å². The second kappa shape index (κ2) is 5.91. The third-order valence-electron chi connectivity index (χ3n) is 3.08. The van der Waals surface area contributed by atoms with Crippen LogP contribution in [0.3, 0.4) is 0 Å². The van der Waals surface area contributed by atoms with Crippen molar-refractivity contribution in [2.45, 2.75) is 0 Å². The second-order valence-corrected chi connectivity index (χ2v) is 5.80.